The van der Waals surface area contributed by atoms with Crippen molar-refractivity contribution in [3.63, 3.8) is 0 Å². The second-order valence-corrected chi connectivity index (χ2v) is 6.50. The minimum Gasteiger partial charge on any atom is -0.483 e. The average Bonchev–Trinajstić information content (AvgIpc) is 2.97. The molecule has 28 heavy (non-hydrogen) atoms. The zero-order valence-corrected chi connectivity index (χ0v) is 15.4. The molecule has 0 aliphatic carbocycles. The molecule has 1 heterocycles. The van der Waals surface area contributed by atoms with Gasteiger partial charge in [-0.25, -0.2) is 4.79 Å². The topological polar surface area (TPSA) is 54.0 Å². The number of alkyl halides is 3. The molecule has 0 spiro atoms. The molecule has 3 rings (SSSR count). The summed E-state index contributed by atoms with van der Waals surface area (Å²) in [7, 11) is 0. The number of carbonyl (C=O) groups excluding carboxylic acids is 1. The Morgan fingerprint density at radius 1 is 1.07 bits per heavy atom. The van der Waals surface area contributed by atoms with Crippen molar-refractivity contribution in [3.05, 3.63) is 54.1 Å². The van der Waals surface area contributed by atoms with Crippen LogP contribution in [0.2, 0.25) is 0 Å². The summed E-state index contributed by atoms with van der Waals surface area (Å²) in [6, 6.07) is 12.7. The van der Waals surface area contributed by atoms with E-state index in [2.05, 4.69) is 4.74 Å². The van der Waals surface area contributed by atoms with Crippen molar-refractivity contribution in [3.8, 4) is 16.6 Å². The SMILES string of the molecule is CCOC(=O)Oc1sc2ccccc2c1OCc1ccc(OC(F)(F)F)cc1. The summed E-state index contributed by atoms with van der Waals surface area (Å²) in [5.41, 5.74) is 0.617. The fourth-order valence-corrected chi connectivity index (χ4v) is 3.36. The molecule has 0 aliphatic heterocycles. The van der Waals surface area contributed by atoms with E-state index in [-0.39, 0.29) is 24.0 Å². The van der Waals surface area contributed by atoms with Crippen LogP contribution in [0.15, 0.2) is 48.5 Å². The highest BCUT2D eigenvalue weighted by molar-refractivity contribution is 7.21. The summed E-state index contributed by atoms with van der Waals surface area (Å²) in [4.78, 5) is 11.7. The van der Waals surface area contributed by atoms with Gasteiger partial charge in [0.1, 0.15) is 12.4 Å². The van der Waals surface area contributed by atoms with E-state index < -0.39 is 12.5 Å². The molecular weight excluding hydrogens is 397 g/mol. The van der Waals surface area contributed by atoms with E-state index in [4.69, 9.17) is 14.2 Å². The summed E-state index contributed by atoms with van der Waals surface area (Å²) < 4.78 is 57.2. The fourth-order valence-electron chi connectivity index (χ4n) is 2.37. The molecule has 0 unspecified atom stereocenters. The van der Waals surface area contributed by atoms with Crippen molar-refractivity contribution in [2.45, 2.75) is 19.9 Å². The molecule has 0 amide bonds. The number of rotatable bonds is 6. The van der Waals surface area contributed by atoms with Gasteiger partial charge in [0, 0.05) is 10.1 Å². The molecule has 1 aromatic heterocycles. The minimum atomic E-state index is -4.74. The first-order chi connectivity index (χ1) is 13.4. The molecule has 0 aliphatic rings. The predicted octanol–water partition coefficient (Wildman–Crippen LogP) is 5.91. The lowest BCUT2D eigenvalue weighted by molar-refractivity contribution is -0.274. The lowest BCUT2D eigenvalue weighted by atomic mass is 10.2. The van der Waals surface area contributed by atoms with Gasteiger partial charge in [0.15, 0.2) is 5.75 Å². The van der Waals surface area contributed by atoms with Gasteiger partial charge in [-0.05, 0) is 36.8 Å². The molecule has 0 radical (unpaired) electrons. The summed E-state index contributed by atoms with van der Waals surface area (Å²) in [6.07, 6.45) is -5.58. The van der Waals surface area contributed by atoms with Crippen molar-refractivity contribution in [1.29, 1.82) is 0 Å². The molecule has 0 N–H and O–H groups in total. The number of hydrogen-bond acceptors (Lipinski definition) is 6. The highest BCUT2D eigenvalue weighted by Crippen LogP contribution is 2.44. The van der Waals surface area contributed by atoms with Gasteiger partial charge in [0.05, 0.1) is 6.61 Å². The van der Waals surface area contributed by atoms with E-state index >= 15 is 0 Å². The molecule has 0 fully saturated rings. The molecule has 148 valence electrons. The van der Waals surface area contributed by atoms with Crippen molar-refractivity contribution in [1.82, 2.24) is 0 Å². The maximum absolute atomic E-state index is 12.2. The van der Waals surface area contributed by atoms with E-state index in [1.165, 1.54) is 35.6 Å². The van der Waals surface area contributed by atoms with Crippen molar-refractivity contribution >= 4 is 27.6 Å². The van der Waals surface area contributed by atoms with E-state index in [0.29, 0.717) is 11.3 Å². The first-order valence-electron chi connectivity index (χ1n) is 8.19. The normalized spacial score (nSPS) is 11.3. The van der Waals surface area contributed by atoms with E-state index in [1.807, 2.05) is 24.3 Å². The predicted molar refractivity (Wildman–Crippen MR) is 96.9 cm³/mol. The summed E-state index contributed by atoms with van der Waals surface area (Å²) in [5, 5.41) is 1.00. The minimum absolute atomic E-state index is 0.0617. The van der Waals surface area contributed by atoms with Crippen LogP contribution >= 0.6 is 11.3 Å². The third kappa shape index (κ3) is 5.07. The zero-order chi connectivity index (χ0) is 20.1. The molecule has 9 heteroatoms. The number of thiophene rings is 1. The molecular formula is C19H15F3O5S. The van der Waals surface area contributed by atoms with Gasteiger partial charge in [-0.15, -0.1) is 13.2 Å². The molecule has 5 nitrogen and oxygen atoms in total. The van der Waals surface area contributed by atoms with Gasteiger partial charge in [-0.2, -0.15) is 0 Å². The molecule has 0 saturated carbocycles. The molecule has 0 bridgehead atoms. The number of ether oxygens (including phenoxy) is 4. The third-order valence-electron chi connectivity index (χ3n) is 3.50. The quantitative estimate of drug-likeness (QED) is 0.471. The molecule has 0 atom stereocenters. The average molecular weight is 412 g/mol. The maximum atomic E-state index is 12.2. The zero-order valence-electron chi connectivity index (χ0n) is 14.6. The van der Waals surface area contributed by atoms with Crippen LogP contribution in [0.25, 0.3) is 10.1 Å². The summed E-state index contributed by atoms with van der Waals surface area (Å²) in [5.74, 6) is 0.0489. The Hall–Kier alpha value is -2.94. The van der Waals surface area contributed by atoms with Crippen molar-refractivity contribution in [2.24, 2.45) is 0 Å². The van der Waals surface area contributed by atoms with Crippen LogP contribution in [-0.4, -0.2) is 19.1 Å². The Labute approximate surface area is 162 Å². The Morgan fingerprint density at radius 2 is 1.79 bits per heavy atom. The third-order valence-corrected chi connectivity index (χ3v) is 4.53. The second-order valence-electron chi connectivity index (χ2n) is 5.48. The van der Waals surface area contributed by atoms with E-state index in [0.717, 1.165) is 10.1 Å². The second kappa shape index (κ2) is 8.39. The largest absolute Gasteiger partial charge is 0.573 e. The number of carbonyl (C=O) groups is 1. The van der Waals surface area contributed by atoms with E-state index in [1.54, 1.807) is 6.92 Å². The first kappa shape index (κ1) is 19.8. The highest BCUT2D eigenvalue weighted by Gasteiger charge is 2.31. The standard InChI is InChI=1S/C19H15F3O5S/c1-2-24-18(23)26-17-16(14-5-3-4-6-15(14)28-17)25-11-12-7-9-13(10-8-12)27-19(20,21)22/h3-10H,2,11H2,1H3. The van der Waals surface area contributed by atoms with Crippen molar-refractivity contribution in [2.75, 3.05) is 6.61 Å². The molecule has 0 saturated heterocycles. The number of benzene rings is 2. The van der Waals surface area contributed by atoms with Gasteiger partial charge in [0.25, 0.3) is 0 Å². The van der Waals surface area contributed by atoms with Crippen LogP contribution in [0.3, 0.4) is 0 Å². The van der Waals surface area contributed by atoms with Gasteiger partial charge in [-0.3, -0.25) is 0 Å². The maximum Gasteiger partial charge on any atom is 0.573 e. The van der Waals surface area contributed by atoms with Gasteiger partial charge in [-0.1, -0.05) is 35.6 Å². The van der Waals surface area contributed by atoms with E-state index in [9.17, 15) is 18.0 Å². The summed E-state index contributed by atoms with van der Waals surface area (Å²) >= 11 is 1.23. The monoisotopic (exact) mass is 412 g/mol. The summed E-state index contributed by atoms with van der Waals surface area (Å²) in [6.45, 7) is 1.90. The molecule has 2 aromatic carbocycles. The number of halogens is 3. The van der Waals surface area contributed by atoms with Gasteiger partial charge in [0.2, 0.25) is 5.06 Å². The lowest BCUT2D eigenvalue weighted by Gasteiger charge is -2.10. The fraction of sp³-hybridized carbons (Fsp3) is 0.211. The highest BCUT2D eigenvalue weighted by atomic mass is 32.1. The Morgan fingerprint density at radius 3 is 2.46 bits per heavy atom. The Kier molecular flexibility index (Phi) is 5.93. The van der Waals surface area contributed by atoms with Crippen LogP contribution < -0.4 is 14.2 Å². The van der Waals surface area contributed by atoms with Crippen LogP contribution in [0.4, 0.5) is 18.0 Å². The van der Waals surface area contributed by atoms with Gasteiger partial charge >= 0.3 is 12.5 Å². The Balaban J connectivity index is 1.77. The first-order valence-corrected chi connectivity index (χ1v) is 9.01. The smallest absolute Gasteiger partial charge is 0.483 e. The van der Waals surface area contributed by atoms with Crippen LogP contribution in [-0.2, 0) is 11.3 Å². The number of hydrogen-bond donors (Lipinski definition) is 0. The van der Waals surface area contributed by atoms with Crippen LogP contribution in [0.5, 0.6) is 16.6 Å². The van der Waals surface area contributed by atoms with Crippen LogP contribution in [0.1, 0.15) is 12.5 Å². The Bertz CT molecular complexity index is 950. The number of fused-ring (bicyclic) bond motifs is 1. The van der Waals surface area contributed by atoms with Crippen LogP contribution in [0, 0.1) is 0 Å². The van der Waals surface area contributed by atoms with Crippen molar-refractivity contribution < 1.29 is 36.9 Å². The van der Waals surface area contributed by atoms with Gasteiger partial charge < -0.3 is 18.9 Å². The molecule has 3 aromatic rings. The lowest BCUT2D eigenvalue weighted by Crippen LogP contribution is -2.17.